The zero-order chi connectivity index (χ0) is 17.3. The van der Waals surface area contributed by atoms with Crippen LogP contribution in [0.15, 0.2) is 42.7 Å². The Balaban J connectivity index is 1.52. The van der Waals surface area contributed by atoms with Crippen molar-refractivity contribution in [1.82, 2.24) is 14.7 Å². The molecule has 2 saturated heterocycles. The van der Waals surface area contributed by atoms with Gasteiger partial charge in [-0.3, -0.25) is 14.4 Å². The van der Waals surface area contributed by atoms with Gasteiger partial charge in [0.25, 0.3) is 0 Å². The first-order valence-corrected chi connectivity index (χ1v) is 8.75. The van der Waals surface area contributed by atoms with Crippen molar-refractivity contribution in [2.45, 2.75) is 19.5 Å². The molecular formula is C19H23N3O3. The number of carboxylic acids is 1. The van der Waals surface area contributed by atoms with E-state index in [0.29, 0.717) is 26.2 Å². The fourth-order valence-corrected chi connectivity index (χ4v) is 4.20. The van der Waals surface area contributed by atoms with E-state index in [1.54, 1.807) is 6.20 Å². The summed E-state index contributed by atoms with van der Waals surface area (Å²) < 4.78 is 7.46. The Labute approximate surface area is 147 Å². The Morgan fingerprint density at radius 3 is 2.76 bits per heavy atom. The fourth-order valence-electron chi connectivity index (χ4n) is 4.20. The Hall–Kier alpha value is -2.18. The maximum absolute atomic E-state index is 11.9. The van der Waals surface area contributed by atoms with Crippen molar-refractivity contribution in [3.05, 3.63) is 53.9 Å². The standard InChI is InChI=1S/C19H23N3O3/c23-18(24)19-6-9-25-13-17(19)12-21(14-19)10-15-4-1-2-5-16(15)11-22-8-3-7-20-22/h1-5,7-8,17H,6,9-14H2,(H,23,24)/t17-,19+/m1/s1. The van der Waals surface area contributed by atoms with Crippen LogP contribution in [0.3, 0.4) is 0 Å². The van der Waals surface area contributed by atoms with Crippen molar-refractivity contribution in [1.29, 1.82) is 0 Å². The number of hydrogen-bond donors (Lipinski definition) is 1. The maximum atomic E-state index is 11.9. The molecule has 25 heavy (non-hydrogen) atoms. The van der Waals surface area contributed by atoms with Gasteiger partial charge in [-0.05, 0) is 23.6 Å². The number of aromatic nitrogens is 2. The summed E-state index contributed by atoms with van der Waals surface area (Å²) in [5.74, 6) is -0.592. The van der Waals surface area contributed by atoms with Gasteiger partial charge < -0.3 is 9.84 Å². The van der Waals surface area contributed by atoms with Gasteiger partial charge in [0.2, 0.25) is 0 Å². The largest absolute Gasteiger partial charge is 0.481 e. The lowest BCUT2D eigenvalue weighted by Crippen LogP contribution is -2.44. The zero-order valence-corrected chi connectivity index (χ0v) is 14.2. The number of aliphatic carboxylic acids is 1. The summed E-state index contributed by atoms with van der Waals surface area (Å²) in [4.78, 5) is 14.2. The van der Waals surface area contributed by atoms with Crippen LogP contribution in [-0.2, 0) is 22.6 Å². The van der Waals surface area contributed by atoms with Gasteiger partial charge >= 0.3 is 5.97 Å². The highest BCUT2D eigenvalue weighted by Gasteiger charge is 2.53. The third-order valence-electron chi connectivity index (χ3n) is 5.61. The van der Waals surface area contributed by atoms with Crippen LogP contribution in [0.1, 0.15) is 17.5 Å². The molecule has 2 aliphatic heterocycles. The summed E-state index contributed by atoms with van der Waals surface area (Å²) in [6.45, 7) is 3.98. The van der Waals surface area contributed by atoms with Crippen molar-refractivity contribution in [2.24, 2.45) is 11.3 Å². The van der Waals surface area contributed by atoms with E-state index in [9.17, 15) is 9.90 Å². The molecule has 0 bridgehead atoms. The third kappa shape index (κ3) is 3.07. The average molecular weight is 341 g/mol. The number of carbonyl (C=O) groups is 1. The average Bonchev–Trinajstić information content (AvgIpc) is 3.24. The molecule has 6 heteroatoms. The van der Waals surface area contributed by atoms with Gasteiger partial charge in [0.05, 0.1) is 18.6 Å². The first-order chi connectivity index (χ1) is 12.2. The monoisotopic (exact) mass is 341 g/mol. The number of hydrogen-bond acceptors (Lipinski definition) is 4. The third-order valence-corrected chi connectivity index (χ3v) is 5.61. The first-order valence-electron chi connectivity index (χ1n) is 8.75. The van der Waals surface area contributed by atoms with Crippen molar-refractivity contribution in [3.63, 3.8) is 0 Å². The van der Waals surface area contributed by atoms with E-state index in [4.69, 9.17) is 4.74 Å². The Kier molecular flexibility index (Phi) is 4.31. The van der Waals surface area contributed by atoms with E-state index in [-0.39, 0.29) is 5.92 Å². The quantitative estimate of drug-likeness (QED) is 0.899. The molecule has 0 aliphatic carbocycles. The number of likely N-dealkylation sites (tertiary alicyclic amines) is 1. The number of carboxylic acid groups (broad SMARTS) is 1. The predicted molar refractivity (Wildman–Crippen MR) is 92.0 cm³/mol. The van der Waals surface area contributed by atoms with Gasteiger partial charge in [-0.25, -0.2) is 0 Å². The van der Waals surface area contributed by atoms with Crippen LogP contribution >= 0.6 is 0 Å². The molecule has 2 aliphatic rings. The van der Waals surface area contributed by atoms with E-state index >= 15 is 0 Å². The molecule has 0 radical (unpaired) electrons. The summed E-state index contributed by atoms with van der Waals surface area (Å²) in [5.41, 5.74) is 1.81. The predicted octanol–water partition coefficient (Wildman–Crippen LogP) is 1.85. The number of ether oxygens (including phenoxy) is 1. The van der Waals surface area contributed by atoms with Crippen LogP contribution in [0.5, 0.6) is 0 Å². The van der Waals surface area contributed by atoms with Gasteiger partial charge in [0, 0.05) is 44.6 Å². The van der Waals surface area contributed by atoms with E-state index in [1.807, 2.05) is 29.1 Å². The molecule has 1 aromatic heterocycles. The molecule has 2 atom stereocenters. The van der Waals surface area contributed by atoms with Crippen LogP contribution in [0.2, 0.25) is 0 Å². The lowest BCUT2D eigenvalue weighted by Gasteiger charge is -2.34. The van der Waals surface area contributed by atoms with Gasteiger partial charge in [-0.2, -0.15) is 5.10 Å². The van der Waals surface area contributed by atoms with E-state index in [1.165, 1.54) is 11.1 Å². The Bertz CT molecular complexity index is 746. The zero-order valence-electron chi connectivity index (χ0n) is 14.2. The molecule has 0 spiro atoms. The van der Waals surface area contributed by atoms with Gasteiger partial charge in [0.1, 0.15) is 0 Å². The molecule has 132 valence electrons. The second kappa shape index (κ2) is 6.61. The summed E-state index contributed by atoms with van der Waals surface area (Å²) in [6, 6.07) is 10.3. The minimum absolute atomic E-state index is 0.0806. The van der Waals surface area contributed by atoms with Crippen LogP contribution < -0.4 is 0 Å². The minimum atomic E-state index is -0.673. The second-order valence-corrected chi connectivity index (χ2v) is 7.13. The fraction of sp³-hybridized carbons (Fsp3) is 0.474. The van der Waals surface area contributed by atoms with Gasteiger partial charge in [0.15, 0.2) is 0 Å². The van der Waals surface area contributed by atoms with Crippen molar-refractivity contribution in [2.75, 3.05) is 26.3 Å². The molecular weight excluding hydrogens is 318 g/mol. The van der Waals surface area contributed by atoms with Crippen molar-refractivity contribution < 1.29 is 14.6 Å². The summed E-state index contributed by atoms with van der Waals surface area (Å²) in [6.07, 6.45) is 4.35. The molecule has 1 aromatic carbocycles. The van der Waals surface area contributed by atoms with E-state index in [2.05, 4.69) is 22.1 Å². The second-order valence-electron chi connectivity index (χ2n) is 7.13. The summed E-state index contributed by atoms with van der Waals surface area (Å²) in [5, 5.41) is 14.1. The van der Waals surface area contributed by atoms with Crippen LogP contribution in [0, 0.1) is 11.3 Å². The molecule has 6 nitrogen and oxygen atoms in total. The molecule has 2 fully saturated rings. The number of rotatable bonds is 5. The molecule has 0 amide bonds. The van der Waals surface area contributed by atoms with Gasteiger partial charge in [-0.15, -0.1) is 0 Å². The van der Waals surface area contributed by atoms with Crippen LogP contribution in [0.25, 0.3) is 0 Å². The molecule has 0 saturated carbocycles. The van der Waals surface area contributed by atoms with Gasteiger partial charge in [-0.1, -0.05) is 24.3 Å². The highest BCUT2D eigenvalue weighted by Crippen LogP contribution is 2.43. The number of benzene rings is 1. The molecule has 2 aromatic rings. The highest BCUT2D eigenvalue weighted by atomic mass is 16.5. The molecule has 3 heterocycles. The van der Waals surface area contributed by atoms with Crippen molar-refractivity contribution in [3.8, 4) is 0 Å². The Morgan fingerprint density at radius 2 is 2.08 bits per heavy atom. The SMILES string of the molecule is O=C(O)[C@]12CCOC[C@H]1CN(Cc1ccccc1Cn1cccn1)C2. The van der Waals surface area contributed by atoms with E-state index < -0.39 is 11.4 Å². The normalized spacial score (nSPS) is 26.5. The molecule has 4 rings (SSSR count). The molecule has 0 unspecified atom stereocenters. The van der Waals surface area contributed by atoms with Crippen LogP contribution in [0.4, 0.5) is 0 Å². The summed E-state index contributed by atoms with van der Waals surface area (Å²) in [7, 11) is 0. The Morgan fingerprint density at radius 1 is 1.28 bits per heavy atom. The minimum Gasteiger partial charge on any atom is -0.481 e. The topological polar surface area (TPSA) is 67.6 Å². The first kappa shape index (κ1) is 16.3. The lowest BCUT2D eigenvalue weighted by atomic mass is 9.74. The van der Waals surface area contributed by atoms with Crippen molar-refractivity contribution >= 4 is 5.97 Å². The molecule has 1 N–H and O–H groups in total. The number of fused-ring (bicyclic) bond motifs is 1. The smallest absolute Gasteiger partial charge is 0.311 e. The van der Waals surface area contributed by atoms with Crippen LogP contribution in [-0.4, -0.2) is 52.1 Å². The highest BCUT2D eigenvalue weighted by molar-refractivity contribution is 5.76. The number of nitrogens with zero attached hydrogens (tertiary/aromatic N) is 3. The maximum Gasteiger partial charge on any atom is 0.311 e. The lowest BCUT2D eigenvalue weighted by molar-refractivity contribution is -0.157. The summed E-state index contributed by atoms with van der Waals surface area (Å²) >= 11 is 0. The van der Waals surface area contributed by atoms with E-state index in [0.717, 1.165) is 19.6 Å².